The predicted octanol–water partition coefficient (Wildman–Crippen LogP) is 5.58. The van der Waals surface area contributed by atoms with Crippen LogP contribution in [0.15, 0.2) is 24.3 Å². The molecule has 0 spiro atoms. The molecule has 0 saturated heterocycles. The molecule has 2 atom stereocenters. The molecule has 0 aromatic heterocycles. The van der Waals surface area contributed by atoms with E-state index in [0.717, 1.165) is 49.8 Å². The summed E-state index contributed by atoms with van der Waals surface area (Å²) in [5, 5.41) is 0. The van der Waals surface area contributed by atoms with E-state index < -0.39 is 24.2 Å². The average molecular weight is 368 g/mol. The summed E-state index contributed by atoms with van der Waals surface area (Å²) in [6.07, 6.45) is 3.10. The van der Waals surface area contributed by atoms with Crippen molar-refractivity contribution in [1.82, 2.24) is 0 Å². The Morgan fingerprint density at radius 3 is 2.31 bits per heavy atom. The SMILES string of the molecule is CCCOc1ccc(C(C2CCCCC2)C(C(=O)OCC)C(F)F)cc1. The van der Waals surface area contributed by atoms with Gasteiger partial charge in [0.2, 0.25) is 0 Å². The molecule has 5 heteroatoms. The highest BCUT2D eigenvalue weighted by molar-refractivity contribution is 5.74. The number of hydrogen-bond acceptors (Lipinski definition) is 3. The number of alkyl halides is 2. The summed E-state index contributed by atoms with van der Waals surface area (Å²) in [6, 6.07) is 7.29. The van der Waals surface area contributed by atoms with Crippen LogP contribution in [-0.2, 0) is 9.53 Å². The topological polar surface area (TPSA) is 35.5 Å². The number of rotatable bonds is 9. The van der Waals surface area contributed by atoms with Gasteiger partial charge in [-0.3, -0.25) is 4.79 Å². The minimum atomic E-state index is -2.74. The van der Waals surface area contributed by atoms with E-state index in [1.54, 1.807) is 6.92 Å². The van der Waals surface area contributed by atoms with Gasteiger partial charge in [0.25, 0.3) is 6.43 Å². The number of hydrogen-bond donors (Lipinski definition) is 0. The van der Waals surface area contributed by atoms with Gasteiger partial charge in [-0.15, -0.1) is 0 Å². The first-order chi connectivity index (χ1) is 12.6. The fraction of sp³-hybridized carbons (Fsp3) is 0.667. The summed E-state index contributed by atoms with van der Waals surface area (Å²) < 4.78 is 38.3. The third kappa shape index (κ3) is 5.42. The van der Waals surface area contributed by atoms with Crippen LogP contribution in [0.25, 0.3) is 0 Å². The Kier molecular flexibility index (Phi) is 8.33. The lowest BCUT2D eigenvalue weighted by Crippen LogP contribution is -2.35. The van der Waals surface area contributed by atoms with Crippen LogP contribution in [0.5, 0.6) is 5.75 Å². The Bertz CT molecular complexity index is 539. The van der Waals surface area contributed by atoms with Crippen molar-refractivity contribution >= 4 is 5.97 Å². The van der Waals surface area contributed by atoms with Gasteiger partial charge in [-0.25, -0.2) is 8.78 Å². The zero-order chi connectivity index (χ0) is 18.9. The van der Waals surface area contributed by atoms with E-state index in [-0.39, 0.29) is 12.5 Å². The zero-order valence-electron chi connectivity index (χ0n) is 15.8. The summed E-state index contributed by atoms with van der Waals surface area (Å²) in [7, 11) is 0. The highest BCUT2D eigenvalue weighted by atomic mass is 19.3. The lowest BCUT2D eigenvalue weighted by Gasteiger charge is -2.35. The maximum absolute atomic E-state index is 13.9. The molecule has 2 unspecified atom stereocenters. The molecule has 0 amide bonds. The van der Waals surface area contributed by atoms with Crippen molar-refractivity contribution in [3.05, 3.63) is 29.8 Å². The third-order valence-corrected chi connectivity index (χ3v) is 5.11. The first-order valence-electron chi connectivity index (χ1n) is 9.76. The first kappa shape index (κ1) is 20.7. The Balaban J connectivity index is 2.31. The minimum Gasteiger partial charge on any atom is -0.494 e. The molecule has 1 fully saturated rings. The van der Waals surface area contributed by atoms with Crippen molar-refractivity contribution in [3.63, 3.8) is 0 Å². The van der Waals surface area contributed by atoms with E-state index in [0.29, 0.717) is 6.61 Å². The highest BCUT2D eigenvalue weighted by Gasteiger charge is 2.42. The predicted molar refractivity (Wildman–Crippen MR) is 97.7 cm³/mol. The molecule has 0 N–H and O–H groups in total. The number of carbonyl (C=O) groups is 1. The van der Waals surface area contributed by atoms with Crippen LogP contribution in [0.1, 0.15) is 63.9 Å². The van der Waals surface area contributed by atoms with Crippen molar-refractivity contribution in [3.8, 4) is 5.75 Å². The first-order valence-corrected chi connectivity index (χ1v) is 9.76. The smallest absolute Gasteiger partial charge is 0.315 e. The molecule has 1 saturated carbocycles. The van der Waals surface area contributed by atoms with Crippen LogP contribution in [0.3, 0.4) is 0 Å². The van der Waals surface area contributed by atoms with Crippen molar-refractivity contribution in [2.45, 2.75) is 64.7 Å². The quantitative estimate of drug-likeness (QED) is 0.534. The third-order valence-electron chi connectivity index (χ3n) is 5.11. The van der Waals surface area contributed by atoms with E-state index in [1.807, 2.05) is 31.2 Å². The maximum atomic E-state index is 13.9. The van der Waals surface area contributed by atoms with E-state index in [9.17, 15) is 13.6 Å². The summed E-state index contributed by atoms with van der Waals surface area (Å²) in [5.41, 5.74) is 0.777. The molecule has 146 valence electrons. The number of halogens is 2. The Morgan fingerprint density at radius 1 is 1.12 bits per heavy atom. The number of ether oxygens (including phenoxy) is 2. The summed E-state index contributed by atoms with van der Waals surface area (Å²) in [5.74, 6) is -1.92. The molecule has 0 bridgehead atoms. The molecule has 26 heavy (non-hydrogen) atoms. The van der Waals surface area contributed by atoms with E-state index in [4.69, 9.17) is 9.47 Å². The van der Waals surface area contributed by atoms with Crippen LogP contribution < -0.4 is 4.74 Å². The highest BCUT2D eigenvalue weighted by Crippen LogP contribution is 2.43. The zero-order valence-corrected chi connectivity index (χ0v) is 15.8. The molecule has 0 heterocycles. The van der Waals surface area contributed by atoms with Crippen LogP contribution in [0, 0.1) is 11.8 Å². The largest absolute Gasteiger partial charge is 0.494 e. The average Bonchev–Trinajstić information content (AvgIpc) is 2.65. The number of esters is 1. The van der Waals surface area contributed by atoms with Gasteiger partial charge in [0.15, 0.2) is 0 Å². The van der Waals surface area contributed by atoms with Crippen molar-refractivity contribution < 1.29 is 23.0 Å². The lowest BCUT2D eigenvalue weighted by atomic mass is 9.71. The second-order valence-corrected chi connectivity index (χ2v) is 6.95. The van der Waals surface area contributed by atoms with Gasteiger partial charge in [-0.05, 0) is 49.8 Å². The van der Waals surface area contributed by atoms with Crippen molar-refractivity contribution in [1.29, 1.82) is 0 Å². The van der Waals surface area contributed by atoms with Gasteiger partial charge in [0.05, 0.1) is 13.2 Å². The van der Waals surface area contributed by atoms with Crippen LogP contribution in [-0.4, -0.2) is 25.6 Å². The number of carbonyl (C=O) groups excluding carboxylic acids is 1. The van der Waals surface area contributed by atoms with Crippen LogP contribution in [0.4, 0.5) is 8.78 Å². The number of benzene rings is 1. The van der Waals surface area contributed by atoms with E-state index >= 15 is 0 Å². The molecule has 1 aliphatic rings. The molecule has 3 nitrogen and oxygen atoms in total. The fourth-order valence-corrected chi connectivity index (χ4v) is 3.92. The van der Waals surface area contributed by atoms with Crippen molar-refractivity contribution in [2.24, 2.45) is 11.8 Å². The summed E-state index contributed by atoms with van der Waals surface area (Å²) >= 11 is 0. The van der Waals surface area contributed by atoms with Gasteiger partial charge < -0.3 is 9.47 Å². The Hall–Kier alpha value is -1.65. The molecule has 2 rings (SSSR count). The van der Waals surface area contributed by atoms with Crippen LogP contribution in [0.2, 0.25) is 0 Å². The van der Waals surface area contributed by atoms with Gasteiger partial charge in [-0.2, -0.15) is 0 Å². The molecule has 0 radical (unpaired) electrons. The second kappa shape index (κ2) is 10.5. The summed E-state index contributed by atoms with van der Waals surface area (Å²) in [6.45, 7) is 4.41. The normalized spacial score (nSPS) is 17.7. The fourth-order valence-electron chi connectivity index (χ4n) is 3.92. The molecule has 1 aromatic rings. The van der Waals surface area contributed by atoms with Gasteiger partial charge in [-0.1, -0.05) is 38.3 Å². The van der Waals surface area contributed by atoms with Gasteiger partial charge >= 0.3 is 5.97 Å². The monoisotopic (exact) mass is 368 g/mol. The molecule has 1 aromatic carbocycles. The summed E-state index contributed by atoms with van der Waals surface area (Å²) in [4.78, 5) is 12.3. The molecular formula is C21H30F2O3. The second-order valence-electron chi connectivity index (χ2n) is 6.95. The minimum absolute atomic E-state index is 0.0783. The molecule has 1 aliphatic carbocycles. The Labute approximate surface area is 155 Å². The van der Waals surface area contributed by atoms with E-state index in [2.05, 4.69) is 0 Å². The molecular weight excluding hydrogens is 338 g/mol. The maximum Gasteiger partial charge on any atom is 0.315 e. The standard InChI is InChI=1S/C21H30F2O3/c1-3-14-26-17-12-10-16(11-13-17)18(15-8-6-5-7-9-15)19(20(22)23)21(24)25-4-2/h10-13,15,18-20H,3-9,14H2,1-2H3. The van der Waals surface area contributed by atoms with E-state index in [1.165, 1.54) is 0 Å². The van der Waals surface area contributed by atoms with Gasteiger partial charge in [0, 0.05) is 5.92 Å². The van der Waals surface area contributed by atoms with Gasteiger partial charge in [0.1, 0.15) is 11.7 Å². The lowest BCUT2D eigenvalue weighted by molar-refractivity contribution is -0.156. The van der Waals surface area contributed by atoms with Crippen LogP contribution >= 0.6 is 0 Å². The Morgan fingerprint density at radius 2 is 1.77 bits per heavy atom. The molecule has 0 aliphatic heterocycles. The van der Waals surface area contributed by atoms with Crippen molar-refractivity contribution in [2.75, 3.05) is 13.2 Å².